The second-order valence-corrected chi connectivity index (χ2v) is 5.20. The number of aromatic nitrogens is 1. The van der Waals surface area contributed by atoms with Crippen molar-refractivity contribution in [2.45, 2.75) is 38.1 Å². The lowest BCUT2D eigenvalue weighted by atomic mass is 9.88. The summed E-state index contributed by atoms with van der Waals surface area (Å²) in [7, 11) is 0. The Morgan fingerprint density at radius 1 is 1.18 bits per heavy atom. The van der Waals surface area contributed by atoms with Gasteiger partial charge in [0.1, 0.15) is 0 Å². The molecule has 0 unspecified atom stereocenters. The van der Waals surface area contributed by atoms with Crippen LogP contribution in [0.5, 0.6) is 0 Å². The molecule has 0 saturated heterocycles. The van der Waals surface area contributed by atoms with E-state index < -0.39 is 0 Å². The molecule has 0 atom stereocenters. The lowest BCUT2D eigenvalue weighted by molar-refractivity contribution is 0.462. The molecule has 3 rings (SSSR count). The zero-order chi connectivity index (χ0) is 11.9. The van der Waals surface area contributed by atoms with Crippen LogP contribution in [0, 0.1) is 6.92 Å². The van der Waals surface area contributed by atoms with Crippen LogP contribution in [0.25, 0.3) is 10.8 Å². The lowest BCUT2D eigenvalue weighted by Gasteiger charge is -2.24. The fourth-order valence-electron chi connectivity index (χ4n) is 2.92. The summed E-state index contributed by atoms with van der Waals surface area (Å²) in [5.41, 5.74) is 8.77. The SMILES string of the molecule is Cc1nccc2ccc(C3(N)CCCC3)cc12. The van der Waals surface area contributed by atoms with Crippen LogP contribution in [0.4, 0.5) is 0 Å². The maximum atomic E-state index is 6.50. The quantitative estimate of drug-likeness (QED) is 0.810. The topological polar surface area (TPSA) is 38.9 Å². The predicted octanol–water partition coefficient (Wildman–Crippen LogP) is 3.27. The largest absolute Gasteiger partial charge is 0.321 e. The molecule has 2 N–H and O–H groups in total. The van der Waals surface area contributed by atoms with Gasteiger partial charge in [-0.25, -0.2) is 0 Å². The van der Waals surface area contributed by atoms with Crippen LogP contribution in [0.15, 0.2) is 30.5 Å². The van der Waals surface area contributed by atoms with Crippen LogP contribution in [0.2, 0.25) is 0 Å². The molecule has 1 aliphatic rings. The van der Waals surface area contributed by atoms with Gasteiger partial charge in [0.15, 0.2) is 0 Å². The minimum atomic E-state index is -0.101. The minimum Gasteiger partial charge on any atom is -0.321 e. The van der Waals surface area contributed by atoms with Gasteiger partial charge in [0.25, 0.3) is 0 Å². The Kier molecular flexibility index (Phi) is 2.40. The molecule has 0 amide bonds. The third-order valence-corrected chi connectivity index (χ3v) is 4.04. The standard InChI is InChI=1S/C15H18N2/c1-11-14-10-13(15(16)7-2-3-8-15)5-4-12(14)6-9-17-11/h4-6,9-10H,2-3,7-8,16H2,1H3. The Bertz CT molecular complexity index is 554. The Morgan fingerprint density at radius 3 is 2.71 bits per heavy atom. The Morgan fingerprint density at radius 2 is 1.94 bits per heavy atom. The molecule has 17 heavy (non-hydrogen) atoms. The van der Waals surface area contributed by atoms with Crippen molar-refractivity contribution in [3.8, 4) is 0 Å². The van der Waals surface area contributed by atoms with Crippen LogP contribution in [-0.4, -0.2) is 4.98 Å². The van der Waals surface area contributed by atoms with E-state index in [1.165, 1.54) is 29.2 Å². The van der Waals surface area contributed by atoms with Crippen molar-refractivity contribution in [3.05, 3.63) is 41.7 Å². The summed E-state index contributed by atoms with van der Waals surface area (Å²) in [5, 5.41) is 2.49. The van der Waals surface area contributed by atoms with Crippen LogP contribution in [-0.2, 0) is 5.54 Å². The van der Waals surface area contributed by atoms with Crippen molar-refractivity contribution in [1.29, 1.82) is 0 Å². The molecule has 0 radical (unpaired) electrons. The summed E-state index contributed by atoms with van der Waals surface area (Å²) in [6, 6.07) is 8.66. The predicted molar refractivity (Wildman–Crippen MR) is 70.8 cm³/mol. The van der Waals surface area contributed by atoms with E-state index in [0.29, 0.717) is 0 Å². The van der Waals surface area contributed by atoms with E-state index >= 15 is 0 Å². The molecular weight excluding hydrogens is 208 g/mol. The fraction of sp³-hybridized carbons (Fsp3) is 0.400. The van der Waals surface area contributed by atoms with Crippen molar-refractivity contribution in [2.75, 3.05) is 0 Å². The summed E-state index contributed by atoms with van der Waals surface area (Å²) in [4.78, 5) is 4.36. The molecule has 0 spiro atoms. The highest BCUT2D eigenvalue weighted by Gasteiger charge is 2.31. The smallest absolute Gasteiger partial charge is 0.0451 e. The van der Waals surface area contributed by atoms with Gasteiger partial charge >= 0.3 is 0 Å². The van der Waals surface area contributed by atoms with Gasteiger partial charge in [-0.15, -0.1) is 0 Å². The highest BCUT2D eigenvalue weighted by Crippen LogP contribution is 2.37. The van der Waals surface area contributed by atoms with E-state index in [1.807, 2.05) is 6.20 Å². The van der Waals surface area contributed by atoms with E-state index in [-0.39, 0.29) is 5.54 Å². The maximum Gasteiger partial charge on any atom is 0.0451 e. The average Bonchev–Trinajstić information content (AvgIpc) is 2.78. The Balaban J connectivity index is 2.16. The van der Waals surface area contributed by atoms with Gasteiger partial charge in [-0.05, 0) is 42.8 Å². The Labute approximate surface area is 102 Å². The van der Waals surface area contributed by atoms with Gasteiger partial charge in [-0.3, -0.25) is 4.98 Å². The zero-order valence-electron chi connectivity index (χ0n) is 10.2. The minimum absolute atomic E-state index is 0.101. The Hall–Kier alpha value is -1.41. The summed E-state index contributed by atoms with van der Waals surface area (Å²) in [5.74, 6) is 0. The number of rotatable bonds is 1. The first kappa shape index (κ1) is 10.7. The normalized spacial score (nSPS) is 18.7. The van der Waals surface area contributed by atoms with E-state index in [0.717, 1.165) is 18.5 Å². The van der Waals surface area contributed by atoms with Gasteiger partial charge in [0.2, 0.25) is 0 Å². The molecule has 2 heteroatoms. The molecule has 1 aromatic heterocycles. The molecule has 1 heterocycles. The van der Waals surface area contributed by atoms with Crippen molar-refractivity contribution in [2.24, 2.45) is 5.73 Å². The van der Waals surface area contributed by atoms with Crippen LogP contribution < -0.4 is 5.73 Å². The highest BCUT2D eigenvalue weighted by atomic mass is 14.8. The van der Waals surface area contributed by atoms with Gasteiger partial charge in [-0.1, -0.05) is 25.0 Å². The molecule has 2 aromatic rings. The molecule has 1 aliphatic carbocycles. The molecular formula is C15H18N2. The molecule has 0 bridgehead atoms. The number of nitrogens with zero attached hydrogens (tertiary/aromatic N) is 1. The highest BCUT2D eigenvalue weighted by molar-refractivity contribution is 5.85. The number of hydrogen-bond acceptors (Lipinski definition) is 2. The lowest BCUT2D eigenvalue weighted by Crippen LogP contribution is -2.32. The van der Waals surface area contributed by atoms with E-state index in [9.17, 15) is 0 Å². The van der Waals surface area contributed by atoms with Gasteiger partial charge in [-0.2, -0.15) is 0 Å². The van der Waals surface area contributed by atoms with Crippen molar-refractivity contribution in [1.82, 2.24) is 4.98 Å². The zero-order valence-corrected chi connectivity index (χ0v) is 10.2. The second-order valence-electron chi connectivity index (χ2n) is 5.20. The van der Waals surface area contributed by atoms with Crippen molar-refractivity contribution >= 4 is 10.8 Å². The van der Waals surface area contributed by atoms with Gasteiger partial charge in [0.05, 0.1) is 0 Å². The van der Waals surface area contributed by atoms with Gasteiger partial charge in [0, 0.05) is 22.8 Å². The molecule has 2 nitrogen and oxygen atoms in total. The van der Waals surface area contributed by atoms with Crippen LogP contribution in [0.1, 0.15) is 36.9 Å². The first-order valence-electron chi connectivity index (χ1n) is 6.34. The number of fused-ring (bicyclic) bond motifs is 1. The van der Waals surface area contributed by atoms with Gasteiger partial charge < -0.3 is 5.73 Å². The second kappa shape index (κ2) is 3.81. The molecule has 88 valence electrons. The molecule has 0 aliphatic heterocycles. The third-order valence-electron chi connectivity index (χ3n) is 4.04. The fourth-order valence-corrected chi connectivity index (χ4v) is 2.92. The van der Waals surface area contributed by atoms with E-state index in [1.54, 1.807) is 0 Å². The summed E-state index contributed by atoms with van der Waals surface area (Å²) < 4.78 is 0. The van der Waals surface area contributed by atoms with Crippen molar-refractivity contribution < 1.29 is 0 Å². The van der Waals surface area contributed by atoms with Crippen molar-refractivity contribution in [3.63, 3.8) is 0 Å². The van der Waals surface area contributed by atoms with E-state index in [4.69, 9.17) is 5.73 Å². The van der Waals surface area contributed by atoms with E-state index in [2.05, 4.69) is 36.2 Å². The number of benzene rings is 1. The van der Waals surface area contributed by atoms with Crippen LogP contribution >= 0.6 is 0 Å². The number of hydrogen-bond donors (Lipinski definition) is 1. The summed E-state index contributed by atoms with van der Waals surface area (Å²) >= 11 is 0. The third kappa shape index (κ3) is 1.73. The molecule has 1 saturated carbocycles. The maximum absolute atomic E-state index is 6.50. The summed E-state index contributed by atoms with van der Waals surface area (Å²) in [6.07, 6.45) is 6.59. The first-order valence-corrected chi connectivity index (χ1v) is 6.34. The number of aryl methyl sites for hydroxylation is 1. The first-order chi connectivity index (χ1) is 8.19. The summed E-state index contributed by atoms with van der Waals surface area (Å²) in [6.45, 7) is 2.06. The average molecular weight is 226 g/mol. The number of nitrogens with two attached hydrogens (primary N) is 1. The number of pyridine rings is 1. The monoisotopic (exact) mass is 226 g/mol. The molecule has 1 fully saturated rings. The molecule has 1 aromatic carbocycles. The van der Waals surface area contributed by atoms with Crippen LogP contribution in [0.3, 0.4) is 0 Å².